The molecule has 0 aliphatic carbocycles. The molecule has 0 unspecified atom stereocenters. The van der Waals surface area contributed by atoms with Gasteiger partial charge in [0.15, 0.2) is 5.17 Å². The molecule has 1 saturated heterocycles. The van der Waals surface area contributed by atoms with Crippen LogP contribution in [0.15, 0.2) is 57.0 Å². The van der Waals surface area contributed by atoms with Crippen molar-refractivity contribution in [2.45, 2.75) is 0 Å². The first-order chi connectivity index (χ1) is 10.6. The second-order valence-corrected chi connectivity index (χ2v) is 5.38. The van der Waals surface area contributed by atoms with Crippen LogP contribution >= 0.6 is 11.8 Å². The molecule has 1 aromatic carbocycles. The second kappa shape index (κ2) is 5.90. The Labute approximate surface area is 129 Å². The number of hydrogen-bond donors (Lipinski definition) is 2. The number of carbonyl (C=O) groups excluding carboxylic acids is 1. The lowest BCUT2D eigenvalue weighted by molar-refractivity contribution is -0.115. The Hall–Kier alpha value is -2.80. The normalized spacial score (nSPS) is 17.9. The number of carboxylic acid groups (broad SMARTS) is 1. The number of rotatable bonds is 3. The molecule has 0 spiro atoms. The summed E-state index contributed by atoms with van der Waals surface area (Å²) in [6, 6.07) is 9.66. The van der Waals surface area contributed by atoms with Gasteiger partial charge in [0.05, 0.1) is 22.4 Å². The predicted molar refractivity (Wildman–Crippen MR) is 82.9 cm³/mol. The topological polar surface area (TPSA) is 91.9 Å². The minimum Gasteiger partial charge on any atom is -0.478 e. The van der Waals surface area contributed by atoms with Crippen LogP contribution in [0.3, 0.4) is 0 Å². The van der Waals surface area contributed by atoms with Gasteiger partial charge in [0.2, 0.25) is 0 Å². The molecule has 1 amide bonds. The summed E-state index contributed by atoms with van der Waals surface area (Å²) in [5.41, 5.74) is 0.601. The fraction of sp³-hybridized carbons (Fsp3) is 0. The molecule has 1 fully saturated rings. The maximum Gasteiger partial charge on any atom is 0.335 e. The van der Waals surface area contributed by atoms with E-state index in [0.29, 0.717) is 21.5 Å². The zero-order valence-corrected chi connectivity index (χ0v) is 12.0. The van der Waals surface area contributed by atoms with Crippen LogP contribution in [0.1, 0.15) is 16.1 Å². The number of furan rings is 1. The van der Waals surface area contributed by atoms with Crippen LogP contribution in [0.2, 0.25) is 0 Å². The van der Waals surface area contributed by atoms with E-state index in [9.17, 15) is 9.59 Å². The van der Waals surface area contributed by atoms with Crippen molar-refractivity contribution in [2.75, 3.05) is 0 Å². The number of nitrogens with zero attached hydrogens (tertiary/aromatic N) is 1. The Kier molecular flexibility index (Phi) is 3.80. The van der Waals surface area contributed by atoms with Gasteiger partial charge < -0.3 is 14.8 Å². The molecule has 0 bridgehead atoms. The van der Waals surface area contributed by atoms with Crippen molar-refractivity contribution in [3.8, 4) is 0 Å². The first-order valence-corrected chi connectivity index (χ1v) is 7.10. The molecule has 6 nitrogen and oxygen atoms in total. The number of aliphatic imine (C=N–C) groups is 1. The van der Waals surface area contributed by atoms with Gasteiger partial charge in [-0.05, 0) is 42.1 Å². The van der Waals surface area contributed by atoms with Crippen LogP contribution in [-0.4, -0.2) is 22.2 Å². The number of hydrogen-bond acceptors (Lipinski definition) is 5. The summed E-state index contributed by atoms with van der Waals surface area (Å²) in [7, 11) is 0. The quantitative estimate of drug-likeness (QED) is 0.850. The molecule has 0 atom stereocenters. The number of aromatic carboxylic acids is 1. The van der Waals surface area contributed by atoms with Crippen molar-refractivity contribution in [1.82, 2.24) is 5.32 Å². The average Bonchev–Trinajstić information content (AvgIpc) is 3.10. The third kappa shape index (κ3) is 3.09. The van der Waals surface area contributed by atoms with Crippen molar-refractivity contribution >= 4 is 40.6 Å². The number of amides is 1. The molecular weight excluding hydrogens is 304 g/mol. The van der Waals surface area contributed by atoms with Gasteiger partial charge in [0, 0.05) is 6.08 Å². The molecule has 110 valence electrons. The summed E-state index contributed by atoms with van der Waals surface area (Å²) in [4.78, 5) is 27.5. The van der Waals surface area contributed by atoms with E-state index in [0.717, 1.165) is 0 Å². The highest BCUT2D eigenvalue weighted by Gasteiger charge is 2.24. The largest absolute Gasteiger partial charge is 0.478 e. The average molecular weight is 314 g/mol. The summed E-state index contributed by atoms with van der Waals surface area (Å²) >= 11 is 1.17. The van der Waals surface area contributed by atoms with Gasteiger partial charge in [-0.15, -0.1) is 0 Å². The van der Waals surface area contributed by atoms with Gasteiger partial charge >= 0.3 is 5.97 Å². The van der Waals surface area contributed by atoms with Gasteiger partial charge in [-0.25, -0.2) is 9.79 Å². The van der Waals surface area contributed by atoms with Gasteiger partial charge in [0.1, 0.15) is 5.76 Å². The number of amidine groups is 1. The molecule has 1 aliphatic heterocycles. The zero-order valence-electron chi connectivity index (χ0n) is 11.1. The summed E-state index contributed by atoms with van der Waals surface area (Å²) in [6.07, 6.45) is 3.15. The first-order valence-electron chi connectivity index (χ1n) is 6.28. The third-order valence-electron chi connectivity index (χ3n) is 2.79. The number of carbonyl (C=O) groups is 2. The summed E-state index contributed by atoms with van der Waals surface area (Å²) in [5.74, 6) is -0.718. The van der Waals surface area contributed by atoms with E-state index in [1.807, 2.05) is 0 Å². The van der Waals surface area contributed by atoms with E-state index in [1.54, 1.807) is 30.3 Å². The smallest absolute Gasteiger partial charge is 0.335 e. The fourth-order valence-corrected chi connectivity index (χ4v) is 2.63. The maximum atomic E-state index is 11.9. The lowest BCUT2D eigenvalue weighted by Gasteiger charge is -1.98. The van der Waals surface area contributed by atoms with Crippen molar-refractivity contribution in [1.29, 1.82) is 0 Å². The number of thioether (sulfide) groups is 1. The van der Waals surface area contributed by atoms with Crippen LogP contribution in [0.4, 0.5) is 5.69 Å². The number of carboxylic acids is 1. The number of nitrogens with one attached hydrogen (secondary N) is 1. The predicted octanol–water partition coefficient (Wildman–Crippen LogP) is 2.87. The minimum absolute atomic E-state index is 0.141. The molecule has 2 aromatic rings. The van der Waals surface area contributed by atoms with E-state index in [1.165, 1.54) is 30.2 Å². The Morgan fingerprint density at radius 3 is 2.91 bits per heavy atom. The van der Waals surface area contributed by atoms with E-state index in [4.69, 9.17) is 9.52 Å². The molecule has 22 heavy (non-hydrogen) atoms. The van der Waals surface area contributed by atoms with Crippen LogP contribution in [0.25, 0.3) is 6.08 Å². The standard InChI is InChI=1S/C15H10N2O4S/c18-13-12(8-11-5-2-6-21-11)22-15(17-13)16-10-4-1-3-9(7-10)14(19)20/h1-8H,(H,19,20)(H,16,17,18)/b12-8-. The monoisotopic (exact) mass is 314 g/mol. The Balaban J connectivity index is 1.83. The first kappa shape index (κ1) is 14.2. The van der Waals surface area contributed by atoms with Crippen molar-refractivity contribution in [2.24, 2.45) is 4.99 Å². The maximum absolute atomic E-state index is 11.9. The zero-order chi connectivity index (χ0) is 15.5. The van der Waals surface area contributed by atoms with Crippen LogP contribution < -0.4 is 5.32 Å². The molecule has 0 saturated carbocycles. The van der Waals surface area contributed by atoms with Gasteiger partial charge in [-0.2, -0.15) is 0 Å². The second-order valence-electron chi connectivity index (χ2n) is 4.35. The van der Waals surface area contributed by atoms with Crippen molar-refractivity contribution in [3.63, 3.8) is 0 Å². The molecule has 1 aliphatic rings. The van der Waals surface area contributed by atoms with E-state index >= 15 is 0 Å². The molecule has 2 heterocycles. The van der Waals surface area contributed by atoms with Gasteiger partial charge in [-0.3, -0.25) is 4.79 Å². The van der Waals surface area contributed by atoms with Crippen LogP contribution in [0, 0.1) is 0 Å². The molecule has 0 radical (unpaired) electrons. The fourth-order valence-electron chi connectivity index (χ4n) is 1.81. The highest BCUT2D eigenvalue weighted by Crippen LogP contribution is 2.28. The molecular formula is C15H10N2O4S. The summed E-state index contributed by atoms with van der Waals surface area (Å²) in [6.45, 7) is 0. The molecule has 2 N–H and O–H groups in total. The lowest BCUT2D eigenvalue weighted by Crippen LogP contribution is -2.19. The van der Waals surface area contributed by atoms with Crippen molar-refractivity contribution < 1.29 is 19.1 Å². The van der Waals surface area contributed by atoms with Gasteiger partial charge in [-0.1, -0.05) is 6.07 Å². The van der Waals surface area contributed by atoms with Crippen molar-refractivity contribution in [3.05, 3.63) is 58.9 Å². The summed E-state index contributed by atoms with van der Waals surface area (Å²) < 4.78 is 5.16. The molecule has 7 heteroatoms. The lowest BCUT2D eigenvalue weighted by atomic mass is 10.2. The van der Waals surface area contributed by atoms with Crippen LogP contribution in [0.5, 0.6) is 0 Å². The van der Waals surface area contributed by atoms with E-state index < -0.39 is 5.97 Å². The van der Waals surface area contributed by atoms with E-state index in [-0.39, 0.29) is 11.5 Å². The number of benzene rings is 1. The third-order valence-corrected chi connectivity index (χ3v) is 3.70. The van der Waals surface area contributed by atoms with E-state index in [2.05, 4.69) is 10.3 Å². The van der Waals surface area contributed by atoms with Gasteiger partial charge in [0.25, 0.3) is 5.91 Å². The SMILES string of the molecule is O=C1NC(=Nc2cccc(C(=O)O)c2)S/C1=C\c1ccco1. The Bertz CT molecular complexity index is 794. The molecule has 3 rings (SSSR count). The molecule has 1 aromatic heterocycles. The highest BCUT2D eigenvalue weighted by molar-refractivity contribution is 8.18. The minimum atomic E-state index is -1.02. The Morgan fingerprint density at radius 1 is 1.32 bits per heavy atom. The Morgan fingerprint density at radius 2 is 2.18 bits per heavy atom. The van der Waals surface area contributed by atoms with Crippen LogP contribution in [-0.2, 0) is 4.79 Å². The summed E-state index contributed by atoms with van der Waals surface area (Å²) in [5, 5.41) is 12.0. The highest BCUT2D eigenvalue weighted by atomic mass is 32.2.